The van der Waals surface area contributed by atoms with Crippen molar-refractivity contribution in [1.29, 1.82) is 0 Å². The molecule has 152 valence electrons. The van der Waals surface area contributed by atoms with E-state index in [4.69, 9.17) is 4.52 Å². The molecule has 0 N–H and O–H groups in total. The van der Waals surface area contributed by atoms with Crippen molar-refractivity contribution in [3.63, 3.8) is 0 Å². The van der Waals surface area contributed by atoms with E-state index in [1.807, 2.05) is 18.2 Å². The third-order valence-corrected chi connectivity index (χ3v) is 6.50. The van der Waals surface area contributed by atoms with Crippen LogP contribution in [0.4, 0.5) is 0 Å². The Morgan fingerprint density at radius 3 is 2.41 bits per heavy atom. The molecule has 0 spiro atoms. The highest BCUT2D eigenvalue weighted by atomic mass is 16.5. The third kappa shape index (κ3) is 4.77. The predicted molar refractivity (Wildman–Crippen MR) is 119 cm³/mol. The molecule has 3 nitrogen and oxygen atoms in total. The topological polar surface area (TPSA) is 38.9 Å². The smallest absolute Gasteiger partial charge is 0.258 e. The van der Waals surface area contributed by atoms with Crippen molar-refractivity contribution in [2.75, 3.05) is 0 Å². The largest absolute Gasteiger partial charge is 0.334 e. The van der Waals surface area contributed by atoms with Crippen LogP contribution in [0.3, 0.4) is 0 Å². The van der Waals surface area contributed by atoms with Crippen molar-refractivity contribution in [3.8, 4) is 22.8 Å². The van der Waals surface area contributed by atoms with Gasteiger partial charge in [0.15, 0.2) is 0 Å². The third-order valence-electron chi connectivity index (χ3n) is 6.50. The standard InChI is InChI=1S/C26H32N2O/c1-3-4-5-9-20-11-13-21(14-12-20)22-15-17-23(18-16-22)25-27-26(29-28-25)24-10-7-6-8-19(24)2/h6-8,10,15-18,20-21H,3-5,9,11-14H2,1-2H3. The highest BCUT2D eigenvalue weighted by Gasteiger charge is 2.22. The highest BCUT2D eigenvalue weighted by molar-refractivity contribution is 5.62. The minimum absolute atomic E-state index is 0.587. The van der Waals surface area contributed by atoms with Gasteiger partial charge in [0.1, 0.15) is 0 Å². The van der Waals surface area contributed by atoms with Crippen LogP contribution < -0.4 is 0 Å². The molecule has 0 atom stereocenters. The van der Waals surface area contributed by atoms with Gasteiger partial charge in [-0.3, -0.25) is 0 Å². The molecule has 0 bridgehead atoms. The molecule has 0 saturated heterocycles. The average molecular weight is 389 g/mol. The molecule has 1 aromatic heterocycles. The number of hydrogen-bond acceptors (Lipinski definition) is 3. The number of aryl methyl sites for hydroxylation is 1. The second-order valence-electron chi connectivity index (χ2n) is 8.57. The minimum atomic E-state index is 0.587. The monoisotopic (exact) mass is 388 g/mol. The summed E-state index contributed by atoms with van der Waals surface area (Å²) in [7, 11) is 0. The quantitative estimate of drug-likeness (QED) is 0.392. The number of unbranched alkanes of at least 4 members (excludes halogenated alkanes) is 2. The zero-order valence-electron chi connectivity index (χ0n) is 17.7. The van der Waals surface area contributed by atoms with Gasteiger partial charge in [0.05, 0.1) is 0 Å². The molecule has 0 unspecified atom stereocenters. The maximum Gasteiger partial charge on any atom is 0.258 e. The van der Waals surface area contributed by atoms with Crippen LogP contribution in [0.5, 0.6) is 0 Å². The normalized spacial score (nSPS) is 19.4. The molecule has 1 fully saturated rings. The Hall–Kier alpha value is -2.42. The predicted octanol–water partition coefficient (Wildman–Crippen LogP) is 7.57. The van der Waals surface area contributed by atoms with E-state index < -0.39 is 0 Å². The van der Waals surface area contributed by atoms with Crippen molar-refractivity contribution in [2.24, 2.45) is 5.92 Å². The van der Waals surface area contributed by atoms with Gasteiger partial charge in [-0.1, -0.05) is 80.2 Å². The molecule has 4 rings (SSSR count). The van der Waals surface area contributed by atoms with Gasteiger partial charge < -0.3 is 4.52 Å². The van der Waals surface area contributed by atoms with Crippen LogP contribution in [-0.4, -0.2) is 10.1 Å². The van der Waals surface area contributed by atoms with Crippen molar-refractivity contribution in [2.45, 2.75) is 71.1 Å². The zero-order chi connectivity index (χ0) is 20.1. The summed E-state index contributed by atoms with van der Waals surface area (Å²) < 4.78 is 5.52. The van der Waals surface area contributed by atoms with Crippen molar-refractivity contribution in [1.82, 2.24) is 10.1 Å². The van der Waals surface area contributed by atoms with E-state index in [0.717, 1.165) is 22.6 Å². The van der Waals surface area contributed by atoms with E-state index in [2.05, 4.69) is 54.3 Å². The Kier molecular flexibility index (Phi) is 6.43. The molecule has 1 saturated carbocycles. The summed E-state index contributed by atoms with van der Waals surface area (Å²) in [5.41, 5.74) is 4.62. The van der Waals surface area contributed by atoms with Gasteiger partial charge >= 0.3 is 0 Å². The number of rotatable bonds is 7. The van der Waals surface area contributed by atoms with E-state index in [9.17, 15) is 0 Å². The van der Waals surface area contributed by atoms with Gasteiger partial charge in [-0.15, -0.1) is 0 Å². The van der Waals surface area contributed by atoms with Gasteiger partial charge in [-0.25, -0.2) is 0 Å². The second-order valence-corrected chi connectivity index (χ2v) is 8.57. The Balaban J connectivity index is 1.38. The Bertz CT molecular complexity index is 904. The van der Waals surface area contributed by atoms with Crippen LogP contribution >= 0.6 is 0 Å². The first kappa shape index (κ1) is 19.9. The molecular formula is C26H32N2O. The first-order valence-corrected chi connectivity index (χ1v) is 11.2. The molecule has 29 heavy (non-hydrogen) atoms. The lowest BCUT2D eigenvalue weighted by atomic mass is 9.77. The Labute approximate surface area is 174 Å². The van der Waals surface area contributed by atoms with Crippen LogP contribution in [0.2, 0.25) is 0 Å². The maximum absolute atomic E-state index is 5.52. The molecule has 0 amide bonds. The van der Waals surface area contributed by atoms with Crippen molar-refractivity contribution < 1.29 is 4.52 Å². The van der Waals surface area contributed by atoms with E-state index in [0.29, 0.717) is 17.6 Å². The van der Waals surface area contributed by atoms with Gasteiger partial charge in [0, 0.05) is 11.1 Å². The summed E-state index contributed by atoms with van der Waals surface area (Å²) in [6.45, 7) is 4.35. The molecule has 0 aliphatic heterocycles. The fraction of sp³-hybridized carbons (Fsp3) is 0.462. The van der Waals surface area contributed by atoms with Gasteiger partial charge in [-0.2, -0.15) is 4.98 Å². The van der Waals surface area contributed by atoms with Crippen molar-refractivity contribution >= 4 is 0 Å². The van der Waals surface area contributed by atoms with Crippen LogP contribution in [0, 0.1) is 12.8 Å². The molecular weight excluding hydrogens is 356 g/mol. The van der Waals surface area contributed by atoms with Crippen LogP contribution in [-0.2, 0) is 0 Å². The Morgan fingerprint density at radius 2 is 1.69 bits per heavy atom. The fourth-order valence-corrected chi connectivity index (χ4v) is 4.63. The summed E-state index contributed by atoms with van der Waals surface area (Å²) in [4.78, 5) is 4.62. The first-order valence-electron chi connectivity index (χ1n) is 11.2. The number of aromatic nitrogens is 2. The first-order chi connectivity index (χ1) is 14.2. The fourth-order valence-electron chi connectivity index (χ4n) is 4.63. The van der Waals surface area contributed by atoms with Crippen LogP contribution in [0.15, 0.2) is 53.1 Å². The molecule has 2 aromatic carbocycles. The highest BCUT2D eigenvalue weighted by Crippen LogP contribution is 2.38. The molecule has 0 radical (unpaired) electrons. The lowest BCUT2D eigenvalue weighted by Gasteiger charge is -2.29. The van der Waals surface area contributed by atoms with E-state index in [1.54, 1.807) is 0 Å². The number of hydrogen-bond donors (Lipinski definition) is 0. The second kappa shape index (κ2) is 9.39. The minimum Gasteiger partial charge on any atom is -0.334 e. The molecule has 1 aliphatic carbocycles. The van der Waals surface area contributed by atoms with Gasteiger partial charge in [0.2, 0.25) is 5.82 Å². The van der Waals surface area contributed by atoms with Crippen molar-refractivity contribution in [3.05, 3.63) is 59.7 Å². The number of benzene rings is 2. The summed E-state index contributed by atoms with van der Waals surface area (Å²) in [5, 5.41) is 4.21. The average Bonchev–Trinajstić information content (AvgIpc) is 3.25. The molecule has 1 aliphatic rings. The maximum atomic E-state index is 5.52. The van der Waals surface area contributed by atoms with E-state index in [-0.39, 0.29) is 0 Å². The lowest BCUT2D eigenvalue weighted by molar-refractivity contribution is 0.303. The summed E-state index contributed by atoms with van der Waals surface area (Å²) >= 11 is 0. The molecule has 1 heterocycles. The summed E-state index contributed by atoms with van der Waals surface area (Å²) in [5.74, 6) is 2.91. The Morgan fingerprint density at radius 1 is 0.931 bits per heavy atom. The van der Waals surface area contributed by atoms with Crippen LogP contribution in [0.1, 0.15) is 75.3 Å². The number of nitrogens with zero attached hydrogens (tertiary/aromatic N) is 2. The zero-order valence-corrected chi connectivity index (χ0v) is 17.7. The van der Waals surface area contributed by atoms with Crippen LogP contribution in [0.25, 0.3) is 22.8 Å². The summed E-state index contributed by atoms with van der Waals surface area (Å²) in [6.07, 6.45) is 11.0. The molecule has 3 heteroatoms. The SMILES string of the molecule is CCCCCC1CCC(c2ccc(-c3noc(-c4ccccc4C)n3)cc2)CC1. The van der Waals surface area contributed by atoms with Gasteiger partial charge in [-0.05, 0) is 61.6 Å². The van der Waals surface area contributed by atoms with Gasteiger partial charge in [0.25, 0.3) is 5.89 Å². The molecule has 3 aromatic rings. The van der Waals surface area contributed by atoms with E-state index in [1.165, 1.54) is 56.9 Å². The van der Waals surface area contributed by atoms with E-state index >= 15 is 0 Å². The summed E-state index contributed by atoms with van der Waals surface area (Å²) in [6, 6.07) is 16.9. The lowest BCUT2D eigenvalue weighted by Crippen LogP contribution is -2.13.